The van der Waals surface area contributed by atoms with Gasteiger partial charge in [0.1, 0.15) is 11.4 Å². The average molecular weight is 493 g/mol. The molecule has 0 radical (unpaired) electrons. The lowest BCUT2D eigenvalue weighted by Crippen LogP contribution is -2.46. The maximum atomic E-state index is 12.9. The van der Waals surface area contributed by atoms with Crippen LogP contribution >= 0.6 is 0 Å². The van der Waals surface area contributed by atoms with Gasteiger partial charge in [-0.1, -0.05) is 0 Å². The lowest BCUT2D eigenvalue weighted by atomic mass is 10.2. The van der Waals surface area contributed by atoms with Crippen LogP contribution in [-0.2, 0) is 10.0 Å². The van der Waals surface area contributed by atoms with Crippen molar-refractivity contribution in [3.8, 4) is 5.75 Å². The Labute approximate surface area is 179 Å². The monoisotopic (exact) mass is 493 g/mol. The number of sulfonamides is 1. The molecule has 10 nitrogen and oxygen atoms in total. The Hall–Kier alpha value is -2.37. The van der Waals surface area contributed by atoms with Gasteiger partial charge in [-0.3, -0.25) is 10.0 Å². The van der Waals surface area contributed by atoms with E-state index in [-0.39, 0.29) is 11.4 Å². The topological polar surface area (TPSA) is 119 Å². The van der Waals surface area contributed by atoms with Gasteiger partial charge in [-0.05, 0) is 19.9 Å². The van der Waals surface area contributed by atoms with Crippen LogP contribution in [-0.4, -0.2) is 52.8 Å². The second-order valence-electron chi connectivity index (χ2n) is 6.31. The van der Waals surface area contributed by atoms with Crippen LogP contribution in [0.3, 0.4) is 0 Å². The molecular weight excluding hydrogens is 472 g/mol. The first kappa shape index (κ1) is 25.9. The van der Waals surface area contributed by atoms with Gasteiger partial charge in [0.2, 0.25) is 0 Å². The number of azo groups is 1. The zero-order valence-electron chi connectivity index (χ0n) is 17.0. The van der Waals surface area contributed by atoms with Crippen molar-refractivity contribution in [2.75, 3.05) is 29.8 Å². The lowest BCUT2D eigenvalue weighted by molar-refractivity contribution is -0.158. The second kappa shape index (κ2) is 9.63. The van der Waals surface area contributed by atoms with Crippen molar-refractivity contribution in [1.29, 1.82) is 0 Å². The standard InChI is InChI=1S/C15H21F6N7O3S/c1-4-28(5-2)10-6-9(27-32(29,30)15(19,20)21)8(7-11(10)31-3)23-25-13-22-12(24-26-13)14(16,17)18/h6-7,12-13,22,24,26-27H,4-5H2,1-3H3. The van der Waals surface area contributed by atoms with Crippen LogP contribution < -0.4 is 30.5 Å². The first-order valence-corrected chi connectivity index (χ1v) is 10.5. The fourth-order valence-electron chi connectivity index (χ4n) is 2.66. The minimum absolute atomic E-state index is 0.135. The molecule has 32 heavy (non-hydrogen) atoms. The average Bonchev–Trinajstić information content (AvgIpc) is 3.16. The normalized spacial score (nSPS) is 20.0. The fourth-order valence-corrected chi connectivity index (χ4v) is 3.23. The van der Waals surface area contributed by atoms with E-state index in [0.29, 0.717) is 13.1 Å². The van der Waals surface area contributed by atoms with Gasteiger partial charge in [-0.15, -0.1) is 0 Å². The molecule has 2 rings (SSSR count). The van der Waals surface area contributed by atoms with Crippen molar-refractivity contribution >= 4 is 27.1 Å². The van der Waals surface area contributed by atoms with Crippen LogP contribution in [0.4, 0.5) is 43.4 Å². The summed E-state index contributed by atoms with van der Waals surface area (Å²) in [6, 6.07) is 2.20. The van der Waals surface area contributed by atoms with Gasteiger partial charge in [0.15, 0.2) is 12.5 Å². The van der Waals surface area contributed by atoms with E-state index in [2.05, 4.69) is 15.7 Å². The van der Waals surface area contributed by atoms with Gasteiger partial charge in [0.25, 0.3) is 0 Å². The number of benzene rings is 1. The van der Waals surface area contributed by atoms with Crippen LogP contribution in [0.15, 0.2) is 22.4 Å². The molecule has 17 heteroatoms. The summed E-state index contributed by atoms with van der Waals surface area (Å²) in [5.74, 6) is 0.135. The number of nitrogens with zero attached hydrogens (tertiary/aromatic N) is 3. The zero-order valence-corrected chi connectivity index (χ0v) is 17.8. The summed E-state index contributed by atoms with van der Waals surface area (Å²) in [7, 11) is -4.54. The number of hydrazine groups is 1. The molecule has 0 bridgehead atoms. The third-order valence-electron chi connectivity index (χ3n) is 4.25. The summed E-state index contributed by atoms with van der Waals surface area (Å²) in [6.45, 7) is 4.36. The van der Waals surface area contributed by atoms with Crippen LogP contribution in [0.1, 0.15) is 13.8 Å². The van der Waals surface area contributed by atoms with Crippen molar-refractivity contribution in [2.24, 2.45) is 10.2 Å². The van der Waals surface area contributed by atoms with Gasteiger partial charge < -0.3 is 9.64 Å². The molecule has 182 valence electrons. The third kappa shape index (κ3) is 5.90. The van der Waals surface area contributed by atoms with Crippen molar-refractivity contribution < 1.29 is 39.5 Å². The molecule has 0 aromatic heterocycles. The van der Waals surface area contributed by atoms with E-state index in [0.717, 1.165) is 12.1 Å². The van der Waals surface area contributed by atoms with E-state index in [1.165, 1.54) is 11.8 Å². The van der Waals surface area contributed by atoms with Crippen LogP contribution in [0.2, 0.25) is 0 Å². The molecule has 1 heterocycles. The number of anilines is 2. The van der Waals surface area contributed by atoms with E-state index < -0.39 is 45.5 Å². The SMILES string of the molecule is CCN(CC)c1cc(NS(=O)(=O)C(F)(F)F)c(N=NC2NNC(C(F)(F)F)N2)cc1OC. The minimum Gasteiger partial charge on any atom is -0.494 e. The van der Waals surface area contributed by atoms with Crippen molar-refractivity contribution in [3.05, 3.63) is 12.1 Å². The number of rotatable bonds is 8. The Morgan fingerprint density at radius 3 is 2.22 bits per heavy atom. The molecule has 4 N–H and O–H groups in total. The smallest absolute Gasteiger partial charge is 0.494 e. The largest absolute Gasteiger partial charge is 0.516 e. The predicted octanol–water partition coefficient (Wildman–Crippen LogP) is 2.76. The summed E-state index contributed by atoms with van der Waals surface area (Å²) in [5, 5.41) is 9.19. The van der Waals surface area contributed by atoms with E-state index >= 15 is 0 Å². The highest BCUT2D eigenvalue weighted by molar-refractivity contribution is 7.93. The lowest BCUT2D eigenvalue weighted by Gasteiger charge is -2.25. The number of ether oxygens (including phenoxy) is 1. The molecular formula is C15H21F6N7O3S. The van der Waals surface area contributed by atoms with Crippen LogP contribution in [0, 0.1) is 0 Å². The summed E-state index contributed by atoms with van der Waals surface area (Å²) in [6.07, 6.45) is -8.20. The fraction of sp³-hybridized carbons (Fsp3) is 0.600. The quantitative estimate of drug-likeness (QED) is 0.325. The highest BCUT2D eigenvalue weighted by Crippen LogP contribution is 2.40. The summed E-state index contributed by atoms with van der Waals surface area (Å²) in [5.41, 5.74) is -2.31. The first-order valence-electron chi connectivity index (χ1n) is 9.04. The molecule has 1 aromatic rings. The maximum absolute atomic E-state index is 12.9. The number of methoxy groups -OCH3 is 1. The second-order valence-corrected chi connectivity index (χ2v) is 7.99. The van der Waals surface area contributed by atoms with E-state index in [1.807, 2.05) is 10.7 Å². The minimum atomic E-state index is -5.82. The maximum Gasteiger partial charge on any atom is 0.516 e. The Kier molecular flexibility index (Phi) is 7.79. The number of alkyl halides is 6. The van der Waals surface area contributed by atoms with Crippen LogP contribution in [0.5, 0.6) is 5.75 Å². The number of hydrogen-bond acceptors (Lipinski definition) is 9. The zero-order chi connectivity index (χ0) is 24.3. The molecule has 0 aliphatic carbocycles. The summed E-state index contributed by atoms with van der Waals surface area (Å²) in [4.78, 5) is 1.68. The highest BCUT2D eigenvalue weighted by Gasteiger charge is 2.46. The summed E-state index contributed by atoms with van der Waals surface area (Å²) >= 11 is 0. The third-order valence-corrected chi connectivity index (χ3v) is 5.35. The molecule has 1 fully saturated rings. The van der Waals surface area contributed by atoms with Crippen molar-refractivity contribution in [1.82, 2.24) is 16.2 Å². The molecule has 1 aliphatic heterocycles. The van der Waals surface area contributed by atoms with Crippen molar-refractivity contribution in [3.63, 3.8) is 0 Å². The van der Waals surface area contributed by atoms with Gasteiger partial charge in [0.05, 0.1) is 18.5 Å². The number of halogens is 6. The first-order chi connectivity index (χ1) is 14.7. The van der Waals surface area contributed by atoms with Gasteiger partial charge in [-0.25, -0.2) is 10.9 Å². The van der Waals surface area contributed by atoms with Crippen molar-refractivity contribution in [2.45, 2.75) is 38.0 Å². The molecule has 1 saturated heterocycles. The highest BCUT2D eigenvalue weighted by atomic mass is 32.2. The van der Waals surface area contributed by atoms with Gasteiger partial charge in [-0.2, -0.15) is 45.0 Å². The molecule has 1 aliphatic rings. The molecule has 0 spiro atoms. The van der Waals surface area contributed by atoms with E-state index in [1.54, 1.807) is 18.7 Å². The molecule has 0 amide bonds. The Morgan fingerprint density at radius 2 is 1.75 bits per heavy atom. The van der Waals surface area contributed by atoms with Gasteiger partial charge in [0, 0.05) is 19.2 Å². The van der Waals surface area contributed by atoms with Gasteiger partial charge >= 0.3 is 21.7 Å². The van der Waals surface area contributed by atoms with E-state index in [9.17, 15) is 34.8 Å². The van der Waals surface area contributed by atoms with Crippen LogP contribution in [0.25, 0.3) is 0 Å². The molecule has 0 saturated carbocycles. The van der Waals surface area contributed by atoms with E-state index in [4.69, 9.17) is 4.74 Å². The summed E-state index contributed by atoms with van der Waals surface area (Å²) < 4.78 is 107. The Bertz CT molecular complexity index is 935. The Balaban J connectivity index is 2.48. The Morgan fingerprint density at radius 1 is 1.12 bits per heavy atom. The molecule has 1 aromatic carbocycles. The number of hydrogen-bond donors (Lipinski definition) is 4. The predicted molar refractivity (Wildman–Crippen MR) is 103 cm³/mol. The number of nitrogens with one attached hydrogen (secondary N) is 4. The molecule has 2 atom stereocenters. The molecule has 2 unspecified atom stereocenters.